The summed E-state index contributed by atoms with van der Waals surface area (Å²) in [6.07, 6.45) is 0. The van der Waals surface area contributed by atoms with Crippen LogP contribution in [0.25, 0.3) is 0 Å². The Morgan fingerprint density at radius 2 is 1.95 bits per heavy atom. The minimum atomic E-state index is -1.80. The van der Waals surface area contributed by atoms with E-state index >= 15 is 0 Å². The monoisotopic (exact) mass is 289 g/mol. The van der Waals surface area contributed by atoms with E-state index in [0.29, 0.717) is 27.6 Å². The molecule has 5 heteroatoms. The average Bonchev–Trinajstić information content (AvgIpc) is 2.72. The molecular formula is C15H12ClNO3. The van der Waals surface area contributed by atoms with E-state index in [-0.39, 0.29) is 0 Å². The maximum Gasteiger partial charge on any atom is 0.266 e. The first-order valence-corrected chi connectivity index (χ1v) is 6.42. The Morgan fingerprint density at radius 3 is 2.70 bits per heavy atom. The van der Waals surface area contributed by atoms with Crippen LogP contribution in [0.2, 0.25) is 5.02 Å². The number of nitrogens with one attached hydrogen (secondary N) is 1. The van der Waals surface area contributed by atoms with E-state index in [0.717, 1.165) is 0 Å². The summed E-state index contributed by atoms with van der Waals surface area (Å²) in [5.74, 6) is -0.0720. The SMILES string of the molecule is COc1ccccc1C1(O)C(=O)Nc2ccc(Cl)cc21. The smallest absolute Gasteiger partial charge is 0.266 e. The Hall–Kier alpha value is -2.04. The van der Waals surface area contributed by atoms with Crippen molar-refractivity contribution in [1.29, 1.82) is 0 Å². The summed E-state index contributed by atoms with van der Waals surface area (Å²) in [6.45, 7) is 0. The molecule has 0 bridgehead atoms. The molecule has 2 aromatic rings. The van der Waals surface area contributed by atoms with Crippen LogP contribution in [0.15, 0.2) is 42.5 Å². The molecule has 20 heavy (non-hydrogen) atoms. The largest absolute Gasteiger partial charge is 0.496 e. The van der Waals surface area contributed by atoms with E-state index in [4.69, 9.17) is 16.3 Å². The first-order valence-electron chi connectivity index (χ1n) is 6.04. The average molecular weight is 290 g/mol. The van der Waals surface area contributed by atoms with Crippen LogP contribution in [0.5, 0.6) is 5.75 Å². The van der Waals surface area contributed by atoms with Crippen LogP contribution in [-0.2, 0) is 10.4 Å². The van der Waals surface area contributed by atoms with Crippen molar-refractivity contribution < 1.29 is 14.6 Å². The highest BCUT2D eigenvalue weighted by Gasteiger charge is 2.48. The van der Waals surface area contributed by atoms with Crippen LogP contribution < -0.4 is 10.1 Å². The lowest BCUT2D eigenvalue weighted by Gasteiger charge is -2.23. The van der Waals surface area contributed by atoms with Gasteiger partial charge in [0.1, 0.15) is 5.75 Å². The second kappa shape index (κ2) is 4.51. The topological polar surface area (TPSA) is 58.6 Å². The molecule has 1 aliphatic rings. The third-order valence-corrected chi connectivity index (χ3v) is 3.68. The normalized spacial score (nSPS) is 20.4. The van der Waals surface area contributed by atoms with E-state index in [2.05, 4.69) is 5.32 Å². The van der Waals surface area contributed by atoms with Gasteiger partial charge in [0.15, 0.2) is 5.60 Å². The fourth-order valence-corrected chi connectivity index (χ4v) is 2.64. The Morgan fingerprint density at radius 1 is 1.20 bits per heavy atom. The van der Waals surface area contributed by atoms with Crippen molar-refractivity contribution in [3.05, 3.63) is 58.6 Å². The fraction of sp³-hybridized carbons (Fsp3) is 0.133. The van der Waals surface area contributed by atoms with Crippen molar-refractivity contribution in [3.8, 4) is 5.75 Å². The molecule has 3 rings (SSSR count). The van der Waals surface area contributed by atoms with Crippen molar-refractivity contribution in [2.75, 3.05) is 12.4 Å². The Kier molecular flexibility index (Phi) is 2.92. The van der Waals surface area contributed by atoms with Crippen LogP contribution in [0.1, 0.15) is 11.1 Å². The van der Waals surface area contributed by atoms with Crippen LogP contribution in [0.4, 0.5) is 5.69 Å². The molecule has 0 radical (unpaired) electrons. The van der Waals surface area contributed by atoms with Gasteiger partial charge in [-0.2, -0.15) is 0 Å². The van der Waals surface area contributed by atoms with E-state index in [1.165, 1.54) is 7.11 Å². The van der Waals surface area contributed by atoms with Gasteiger partial charge in [-0.05, 0) is 24.3 Å². The lowest BCUT2D eigenvalue weighted by Crippen LogP contribution is -2.35. The summed E-state index contributed by atoms with van der Waals surface area (Å²) in [5.41, 5.74) is -0.430. The summed E-state index contributed by atoms with van der Waals surface area (Å²) in [5, 5.41) is 14.1. The molecule has 2 aromatic carbocycles. The molecule has 4 nitrogen and oxygen atoms in total. The molecule has 0 spiro atoms. The number of hydrogen-bond acceptors (Lipinski definition) is 3. The minimum Gasteiger partial charge on any atom is -0.496 e. The zero-order chi connectivity index (χ0) is 14.3. The van der Waals surface area contributed by atoms with E-state index in [9.17, 15) is 9.90 Å². The molecule has 0 saturated carbocycles. The molecule has 0 aromatic heterocycles. The highest BCUT2D eigenvalue weighted by molar-refractivity contribution is 6.31. The molecule has 0 fully saturated rings. The van der Waals surface area contributed by atoms with Gasteiger partial charge in [0.2, 0.25) is 0 Å². The zero-order valence-electron chi connectivity index (χ0n) is 10.7. The van der Waals surface area contributed by atoms with E-state index in [1.54, 1.807) is 42.5 Å². The summed E-state index contributed by atoms with van der Waals surface area (Å²) in [6, 6.07) is 11.8. The van der Waals surface area contributed by atoms with Gasteiger partial charge in [-0.25, -0.2) is 0 Å². The van der Waals surface area contributed by atoms with Gasteiger partial charge in [-0.1, -0.05) is 29.8 Å². The number of amides is 1. The third kappa shape index (κ3) is 1.69. The van der Waals surface area contributed by atoms with Gasteiger partial charge in [-0.3, -0.25) is 4.79 Å². The number of rotatable bonds is 2. The molecule has 0 saturated heterocycles. The zero-order valence-corrected chi connectivity index (χ0v) is 11.4. The van der Waals surface area contributed by atoms with Crippen LogP contribution in [-0.4, -0.2) is 18.1 Å². The number of carbonyl (C=O) groups is 1. The number of benzene rings is 2. The van der Waals surface area contributed by atoms with Crippen LogP contribution in [0.3, 0.4) is 0 Å². The molecule has 1 amide bonds. The molecule has 1 unspecified atom stereocenters. The van der Waals surface area contributed by atoms with Crippen molar-refractivity contribution in [2.45, 2.75) is 5.60 Å². The molecule has 2 N–H and O–H groups in total. The lowest BCUT2D eigenvalue weighted by atomic mass is 9.87. The second-order valence-corrected chi connectivity index (χ2v) is 4.99. The highest BCUT2D eigenvalue weighted by atomic mass is 35.5. The summed E-state index contributed by atoms with van der Waals surface area (Å²) in [7, 11) is 1.49. The van der Waals surface area contributed by atoms with Crippen molar-refractivity contribution >= 4 is 23.2 Å². The van der Waals surface area contributed by atoms with Gasteiger partial charge in [0.25, 0.3) is 5.91 Å². The number of ether oxygens (including phenoxy) is 1. The molecule has 102 valence electrons. The maximum atomic E-state index is 12.3. The number of aliphatic hydroxyl groups is 1. The van der Waals surface area contributed by atoms with Crippen molar-refractivity contribution in [3.63, 3.8) is 0 Å². The minimum absolute atomic E-state index is 0.390. The van der Waals surface area contributed by atoms with E-state index in [1.807, 2.05) is 0 Å². The quantitative estimate of drug-likeness (QED) is 0.893. The maximum absolute atomic E-state index is 12.3. The standard InChI is InChI=1S/C15H12ClNO3/c1-20-13-5-3-2-4-10(13)15(19)11-8-9(16)6-7-12(11)17-14(15)18/h2-8,19H,1H3,(H,17,18). The Balaban J connectivity index is 2.27. The first kappa shape index (κ1) is 13.0. The van der Waals surface area contributed by atoms with Gasteiger partial charge in [0, 0.05) is 21.8 Å². The number of methoxy groups -OCH3 is 1. The summed E-state index contributed by atoms with van der Waals surface area (Å²) >= 11 is 5.98. The lowest BCUT2D eigenvalue weighted by molar-refractivity contribution is -0.129. The van der Waals surface area contributed by atoms with Gasteiger partial charge >= 0.3 is 0 Å². The number of para-hydroxylation sites is 1. The van der Waals surface area contributed by atoms with Crippen LogP contribution >= 0.6 is 11.6 Å². The van der Waals surface area contributed by atoms with E-state index < -0.39 is 11.5 Å². The molecular weight excluding hydrogens is 278 g/mol. The predicted molar refractivity (Wildman–Crippen MR) is 76.1 cm³/mol. The number of hydrogen-bond donors (Lipinski definition) is 2. The molecule has 0 aliphatic carbocycles. The number of anilines is 1. The van der Waals surface area contributed by atoms with Gasteiger partial charge in [0.05, 0.1) is 7.11 Å². The number of carbonyl (C=O) groups excluding carboxylic acids is 1. The Labute approximate surface area is 120 Å². The van der Waals surface area contributed by atoms with Crippen LogP contribution in [0, 0.1) is 0 Å². The number of fused-ring (bicyclic) bond motifs is 1. The van der Waals surface area contributed by atoms with Gasteiger partial charge < -0.3 is 15.2 Å². The fourth-order valence-electron chi connectivity index (χ4n) is 2.47. The highest BCUT2D eigenvalue weighted by Crippen LogP contribution is 2.44. The van der Waals surface area contributed by atoms with Gasteiger partial charge in [-0.15, -0.1) is 0 Å². The number of halogens is 1. The second-order valence-electron chi connectivity index (χ2n) is 4.55. The summed E-state index contributed by atoms with van der Waals surface area (Å²) in [4.78, 5) is 12.3. The third-order valence-electron chi connectivity index (χ3n) is 3.44. The predicted octanol–water partition coefficient (Wildman–Crippen LogP) is 2.54. The molecule has 1 aliphatic heterocycles. The van der Waals surface area contributed by atoms with Crippen molar-refractivity contribution in [2.24, 2.45) is 0 Å². The first-order chi connectivity index (χ1) is 9.57. The molecule has 1 atom stereocenters. The summed E-state index contributed by atoms with van der Waals surface area (Å²) < 4.78 is 5.24. The van der Waals surface area contributed by atoms with Crippen molar-refractivity contribution in [1.82, 2.24) is 0 Å². The Bertz CT molecular complexity index is 701. The molecule has 1 heterocycles.